The SMILES string of the molecule is CCC1CC(Oc2nc(S(C)(=O)=O)nc(C)c2-c2nc3ccccc3s2)C(C(C)C)C1CC. The van der Waals surface area contributed by atoms with Gasteiger partial charge in [-0.25, -0.2) is 18.4 Å². The number of fused-ring (bicyclic) bond motifs is 1. The summed E-state index contributed by atoms with van der Waals surface area (Å²) in [6.07, 6.45) is 4.30. The Balaban J connectivity index is 1.84. The minimum absolute atomic E-state index is 0.0188. The van der Waals surface area contributed by atoms with E-state index in [1.54, 1.807) is 11.3 Å². The molecule has 1 aliphatic carbocycles. The van der Waals surface area contributed by atoms with Crippen molar-refractivity contribution in [2.45, 2.75) is 65.1 Å². The molecule has 4 rings (SSSR count). The van der Waals surface area contributed by atoms with Crippen molar-refractivity contribution in [1.82, 2.24) is 15.0 Å². The first-order valence-corrected chi connectivity index (χ1v) is 14.5. The molecule has 0 amide bonds. The van der Waals surface area contributed by atoms with Crippen molar-refractivity contribution in [3.8, 4) is 16.5 Å². The molecule has 4 atom stereocenters. The fourth-order valence-corrected chi connectivity index (χ4v) is 7.09. The molecule has 178 valence electrons. The number of aromatic nitrogens is 3. The summed E-state index contributed by atoms with van der Waals surface area (Å²) in [5.41, 5.74) is 2.16. The molecular formula is C25H33N3O3S2. The maximum atomic E-state index is 12.3. The summed E-state index contributed by atoms with van der Waals surface area (Å²) in [5, 5.41) is 0.556. The monoisotopic (exact) mass is 487 g/mol. The van der Waals surface area contributed by atoms with Crippen molar-refractivity contribution in [2.75, 3.05) is 6.26 Å². The van der Waals surface area contributed by atoms with Crippen molar-refractivity contribution in [3.63, 3.8) is 0 Å². The second kappa shape index (κ2) is 9.29. The van der Waals surface area contributed by atoms with E-state index in [0.717, 1.165) is 40.7 Å². The zero-order valence-electron chi connectivity index (χ0n) is 20.2. The summed E-state index contributed by atoms with van der Waals surface area (Å²) in [4.78, 5) is 13.6. The predicted octanol–water partition coefficient (Wildman–Crippen LogP) is 5.94. The molecule has 0 aliphatic heterocycles. The molecule has 2 aromatic heterocycles. The Kier molecular flexibility index (Phi) is 6.78. The van der Waals surface area contributed by atoms with Crippen LogP contribution in [0.3, 0.4) is 0 Å². The van der Waals surface area contributed by atoms with E-state index in [2.05, 4.69) is 37.7 Å². The van der Waals surface area contributed by atoms with Crippen LogP contribution in [-0.2, 0) is 9.84 Å². The molecular weight excluding hydrogens is 454 g/mol. The number of ether oxygens (including phenoxy) is 1. The molecule has 0 radical (unpaired) electrons. The molecule has 6 nitrogen and oxygen atoms in total. The lowest BCUT2D eigenvalue weighted by atomic mass is 9.79. The quantitative estimate of drug-likeness (QED) is 0.384. The number of para-hydroxylation sites is 1. The van der Waals surface area contributed by atoms with E-state index < -0.39 is 9.84 Å². The minimum atomic E-state index is -3.58. The molecule has 1 saturated carbocycles. The second-order valence-electron chi connectivity index (χ2n) is 9.48. The van der Waals surface area contributed by atoms with Gasteiger partial charge in [0, 0.05) is 12.2 Å². The van der Waals surface area contributed by atoms with Gasteiger partial charge in [-0.1, -0.05) is 52.7 Å². The van der Waals surface area contributed by atoms with Crippen molar-refractivity contribution in [2.24, 2.45) is 23.7 Å². The van der Waals surface area contributed by atoms with Gasteiger partial charge in [0.15, 0.2) is 0 Å². The second-order valence-corrected chi connectivity index (χ2v) is 12.4. The van der Waals surface area contributed by atoms with Crippen LogP contribution >= 0.6 is 11.3 Å². The molecule has 0 saturated heterocycles. The van der Waals surface area contributed by atoms with Gasteiger partial charge >= 0.3 is 0 Å². The first-order chi connectivity index (χ1) is 15.6. The molecule has 8 heteroatoms. The highest BCUT2D eigenvalue weighted by molar-refractivity contribution is 7.90. The zero-order chi connectivity index (χ0) is 23.9. The molecule has 1 aliphatic rings. The van der Waals surface area contributed by atoms with E-state index >= 15 is 0 Å². The minimum Gasteiger partial charge on any atom is -0.473 e. The Morgan fingerprint density at radius 2 is 1.85 bits per heavy atom. The van der Waals surface area contributed by atoms with Crippen LogP contribution < -0.4 is 4.74 Å². The van der Waals surface area contributed by atoms with Gasteiger partial charge in [-0.3, -0.25) is 0 Å². The van der Waals surface area contributed by atoms with Gasteiger partial charge in [0.25, 0.3) is 0 Å². The number of nitrogens with zero attached hydrogens (tertiary/aromatic N) is 3. The maximum Gasteiger partial charge on any atom is 0.250 e. The third kappa shape index (κ3) is 4.64. The van der Waals surface area contributed by atoms with Crippen LogP contribution in [0.15, 0.2) is 29.4 Å². The van der Waals surface area contributed by atoms with Crippen LogP contribution in [0.1, 0.15) is 52.7 Å². The number of thiazole rings is 1. The third-order valence-corrected chi connectivity index (χ3v) is 8.87. The van der Waals surface area contributed by atoms with Crippen LogP contribution in [0.25, 0.3) is 20.8 Å². The lowest BCUT2D eigenvalue weighted by Gasteiger charge is -2.29. The van der Waals surface area contributed by atoms with E-state index in [-0.39, 0.29) is 11.3 Å². The van der Waals surface area contributed by atoms with Crippen LogP contribution in [0, 0.1) is 30.6 Å². The number of hydrogen-bond donors (Lipinski definition) is 0. The van der Waals surface area contributed by atoms with Crippen LogP contribution in [0.5, 0.6) is 5.88 Å². The summed E-state index contributed by atoms with van der Waals surface area (Å²) >= 11 is 1.55. The number of sulfone groups is 1. The predicted molar refractivity (Wildman–Crippen MR) is 133 cm³/mol. The summed E-state index contributed by atoms with van der Waals surface area (Å²) in [7, 11) is -3.58. The molecule has 3 aromatic rings. The van der Waals surface area contributed by atoms with Crippen molar-refractivity contribution in [1.29, 1.82) is 0 Å². The Labute approximate surface area is 200 Å². The van der Waals surface area contributed by atoms with Gasteiger partial charge in [0.05, 0.1) is 21.5 Å². The highest BCUT2D eigenvalue weighted by Gasteiger charge is 2.44. The van der Waals surface area contributed by atoms with E-state index in [0.29, 0.717) is 40.8 Å². The Morgan fingerprint density at radius 3 is 2.45 bits per heavy atom. The van der Waals surface area contributed by atoms with E-state index in [1.165, 1.54) is 0 Å². The molecule has 0 N–H and O–H groups in total. The van der Waals surface area contributed by atoms with Gasteiger partial charge in [0.1, 0.15) is 11.1 Å². The Morgan fingerprint density at radius 1 is 1.12 bits per heavy atom. The van der Waals surface area contributed by atoms with Gasteiger partial charge < -0.3 is 4.74 Å². The molecule has 2 heterocycles. The first-order valence-electron chi connectivity index (χ1n) is 11.7. The molecule has 0 spiro atoms. The zero-order valence-corrected chi connectivity index (χ0v) is 21.8. The van der Waals surface area contributed by atoms with Gasteiger partial charge in [-0.05, 0) is 43.2 Å². The molecule has 4 unspecified atom stereocenters. The largest absolute Gasteiger partial charge is 0.473 e. The molecule has 1 aromatic carbocycles. The number of benzene rings is 1. The number of rotatable bonds is 7. The van der Waals surface area contributed by atoms with Crippen molar-refractivity contribution in [3.05, 3.63) is 30.0 Å². The van der Waals surface area contributed by atoms with E-state index in [1.807, 2.05) is 31.2 Å². The highest BCUT2D eigenvalue weighted by atomic mass is 32.2. The van der Waals surface area contributed by atoms with Gasteiger partial charge in [-0.15, -0.1) is 11.3 Å². The average Bonchev–Trinajstić information content (AvgIpc) is 3.33. The van der Waals surface area contributed by atoms with Crippen LogP contribution in [-0.4, -0.2) is 35.7 Å². The standard InChI is InChI=1S/C25H33N3O3S2/c1-7-16-13-19(21(14(3)4)17(16)8-2)31-23-22(15(5)26-25(28-23)33(6,29)30)24-27-18-11-9-10-12-20(18)32-24/h9-12,14,16-17,19,21H,7-8,13H2,1-6H3. The highest BCUT2D eigenvalue weighted by Crippen LogP contribution is 2.47. The fraction of sp³-hybridized carbons (Fsp3) is 0.560. The molecule has 0 bridgehead atoms. The summed E-state index contributed by atoms with van der Waals surface area (Å²) < 4.78 is 32.4. The maximum absolute atomic E-state index is 12.3. The summed E-state index contributed by atoms with van der Waals surface area (Å²) in [5.74, 6) is 2.36. The lowest BCUT2D eigenvalue weighted by molar-refractivity contribution is 0.103. The topological polar surface area (TPSA) is 82.0 Å². The summed E-state index contributed by atoms with van der Waals surface area (Å²) in [6.45, 7) is 10.8. The first kappa shape index (κ1) is 24.1. The molecule has 33 heavy (non-hydrogen) atoms. The average molecular weight is 488 g/mol. The van der Waals surface area contributed by atoms with Crippen LogP contribution in [0.4, 0.5) is 0 Å². The summed E-state index contributed by atoms with van der Waals surface area (Å²) in [6, 6.07) is 7.95. The Hall–Kier alpha value is -2.06. The smallest absolute Gasteiger partial charge is 0.250 e. The van der Waals surface area contributed by atoms with Crippen molar-refractivity contribution >= 4 is 31.4 Å². The van der Waals surface area contributed by atoms with Crippen LogP contribution in [0.2, 0.25) is 0 Å². The van der Waals surface area contributed by atoms with E-state index in [4.69, 9.17) is 9.72 Å². The lowest BCUT2D eigenvalue weighted by Crippen LogP contribution is -2.30. The molecule has 1 fully saturated rings. The third-order valence-electron chi connectivity index (χ3n) is 6.97. The number of hydrogen-bond acceptors (Lipinski definition) is 7. The fourth-order valence-electron chi connectivity index (χ4n) is 5.49. The van der Waals surface area contributed by atoms with Gasteiger partial charge in [-0.2, -0.15) is 4.98 Å². The van der Waals surface area contributed by atoms with Gasteiger partial charge in [0.2, 0.25) is 20.9 Å². The Bertz CT molecular complexity index is 1220. The van der Waals surface area contributed by atoms with Crippen molar-refractivity contribution < 1.29 is 13.2 Å². The normalized spacial score (nSPS) is 23.5. The van der Waals surface area contributed by atoms with E-state index in [9.17, 15) is 8.42 Å². The number of aryl methyl sites for hydroxylation is 1.